The first-order valence-corrected chi connectivity index (χ1v) is 10.2. The van der Waals surface area contributed by atoms with E-state index >= 15 is 0 Å². The molecular formula is C20H41N5O2. The number of hydrogen-bond acceptors (Lipinski definition) is 4. The third-order valence-corrected chi connectivity index (χ3v) is 4.47. The fourth-order valence-electron chi connectivity index (χ4n) is 3.16. The SMILES string of the molecule is CCNC(=NCC(CC(C)C)N(C)C)N1CCC(NC(=O)OC(C)(C)C)C1. The van der Waals surface area contributed by atoms with E-state index < -0.39 is 5.60 Å². The number of alkyl carbamates (subject to hydrolysis) is 1. The number of likely N-dealkylation sites (tertiary alicyclic amines) is 1. The van der Waals surface area contributed by atoms with Gasteiger partial charge < -0.3 is 25.2 Å². The van der Waals surface area contributed by atoms with Crippen molar-refractivity contribution in [3.63, 3.8) is 0 Å². The second-order valence-corrected chi connectivity index (χ2v) is 9.02. The number of amides is 1. The number of likely N-dealkylation sites (N-methyl/N-ethyl adjacent to an activating group) is 1. The molecule has 7 heteroatoms. The summed E-state index contributed by atoms with van der Waals surface area (Å²) in [5.74, 6) is 1.57. The minimum atomic E-state index is -0.476. The minimum absolute atomic E-state index is 0.0871. The summed E-state index contributed by atoms with van der Waals surface area (Å²) in [5, 5.41) is 6.38. The van der Waals surface area contributed by atoms with Gasteiger partial charge in [0.2, 0.25) is 0 Å². The number of guanidine groups is 1. The molecule has 1 heterocycles. The summed E-state index contributed by atoms with van der Waals surface area (Å²) in [5.41, 5.74) is -0.476. The van der Waals surface area contributed by atoms with Crippen molar-refractivity contribution in [1.82, 2.24) is 20.4 Å². The molecule has 2 N–H and O–H groups in total. The van der Waals surface area contributed by atoms with Crippen LogP contribution in [0.3, 0.4) is 0 Å². The number of carbonyl (C=O) groups excluding carboxylic acids is 1. The summed E-state index contributed by atoms with van der Waals surface area (Å²) in [6.45, 7) is 15.4. The van der Waals surface area contributed by atoms with E-state index in [1.807, 2.05) is 20.8 Å². The van der Waals surface area contributed by atoms with E-state index in [-0.39, 0.29) is 12.1 Å². The Kier molecular flexibility index (Phi) is 9.36. The Bertz CT molecular complexity index is 485. The van der Waals surface area contributed by atoms with Crippen molar-refractivity contribution in [1.29, 1.82) is 0 Å². The zero-order chi connectivity index (χ0) is 20.6. The summed E-state index contributed by atoms with van der Waals surface area (Å²) < 4.78 is 5.37. The van der Waals surface area contributed by atoms with E-state index in [4.69, 9.17) is 9.73 Å². The fraction of sp³-hybridized carbons (Fsp3) is 0.900. The Hall–Kier alpha value is -1.50. The second kappa shape index (κ2) is 10.7. The van der Waals surface area contributed by atoms with Crippen LogP contribution in [-0.4, -0.2) is 79.8 Å². The molecule has 1 rings (SSSR count). The van der Waals surface area contributed by atoms with E-state index in [0.717, 1.165) is 45.0 Å². The van der Waals surface area contributed by atoms with Crippen LogP contribution in [0, 0.1) is 5.92 Å². The maximum Gasteiger partial charge on any atom is 0.407 e. The Morgan fingerprint density at radius 3 is 2.52 bits per heavy atom. The van der Waals surface area contributed by atoms with Gasteiger partial charge in [0.15, 0.2) is 5.96 Å². The minimum Gasteiger partial charge on any atom is -0.444 e. The highest BCUT2D eigenvalue weighted by Gasteiger charge is 2.28. The second-order valence-electron chi connectivity index (χ2n) is 9.02. The summed E-state index contributed by atoms with van der Waals surface area (Å²) >= 11 is 0. The molecular weight excluding hydrogens is 342 g/mol. The molecule has 0 aromatic carbocycles. The van der Waals surface area contributed by atoms with Crippen LogP contribution in [0.15, 0.2) is 4.99 Å². The molecule has 0 radical (unpaired) electrons. The molecule has 0 aromatic heterocycles. The predicted molar refractivity (Wildman–Crippen MR) is 112 cm³/mol. The molecule has 158 valence electrons. The van der Waals surface area contributed by atoms with E-state index in [0.29, 0.717) is 12.0 Å². The maximum atomic E-state index is 12.0. The largest absolute Gasteiger partial charge is 0.444 e. The van der Waals surface area contributed by atoms with Gasteiger partial charge in [0, 0.05) is 25.7 Å². The van der Waals surface area contributed by atoms with Crippen LogP contribution in [0.4, 0.5) is 4.79 Å². The van der Waals surface area contributed by atoms with Crippen LogP contribution in [0.1, 0.15) is 54.4 Å². The Labute approximate surface area is 165 Å². The zero-order valence-corrected chi connectivity index (χ0v) is 18.6. The first-order chi connectivity index (χ1) is 12.5. The molecule has 0 saturated carbocycles. The molecule has 1 amide bonds. The van der Waals surface area contributed by atoms with Gasteiger partial charge in [-0.1, -0.05) is 13.8 Å². The molecule has 1 aliphatic heterocycles. The van der Waals surface area contributed by atoms with Gasteiger partial charge >= 0.3 is 6.09 Å². The Morgan fingerprint density at radius 2 is 2.00 bits per heavy atom. The number of nitrogens with one attached hydrogen (secondary N) is 2. The summed E-state index contributed by atoms with van der Waals surface area (Å²) in [7, 11) is 4.23. The number of ether oxygens (including phenoxy) is 1. The van der Waals surface area contributed by atoms with Crippen molar-refractivity contribution in [3.05, 3.63) is 0 Å². The predicted octanol–water partition coefficient (Wildman–Crippen LogP) is 2.53. The normalized spacial score (nSPS) is 19.6. The zero-order valence-electron chi connectivity index (χ0n) is 18.6. The van der Waals surface area contributed by atoms with E-state index in [9.17, 15) is 4.79 Å². The number of aliphatic imine (C=N–C) groups is 1. The number of nitrogens with zero attached hydrogens (tertiary/aromatic N) is 3. The Morgan fingerprint density at radius 1 is 1.33 bits per heavy atom. The summed E-state index contributed by atoms with van der Waals surface area (Å²) in [6, 6.07) is 0.515. The lowest BCUT2D eigenvalue weighted by Gasteiger charge is -2.27. The van der Waals surface area contributed by atoms with Crippen LogP contribution < -0.4 is 10.6 Å². The molecule has 0 bridgehead atoms. The quantitative estimate of drug-likeness (QED) is 0.522. The molecule has 1 saturated heterocycles. The van der Waals surface area contributed by atoms with Gasteiger partial charge in [-0.15, -0.1) is 0 Å². The fourth-order valence-corrected chi connectivity index (χ4v) is 3.16. The first kappa shape index (κ1) is 23.5. The van der Waals surface area contributed by atoms with Gasteiger partial charge in [-0.25, -0.2) is 4.79 Å². The highest BCUT2D eigenvalue weighted by molar-refractivity contribution is 5.80. The van der Waals surface area contributed by atoms with Gasteiger partial charge in [0.05, 0.1) is 12.6 Å². The molecule has 1 fully saturated rings. The van der Waals surface area contributed by atoms with Gasteiger partial charge in [-0.05, 0) is 60.5 Å². The van der Waals surface area contributed by atoms with Crippen LogP contribution in [0.5, 0.6) is 0 Å². The van der Waals surface area contributed by atoms with E-state index in [1.165, 1.54) is 0 Å². The third kappa shape index (κ3) is 9.31. The highest BCUT2D eigenvalue weighted by atomic mass is 16.6. The number of carbonyl (C=O) groups is 1. The lowest BCUT2D eigenvalue weighted by molar-refractivity contribution is 0.0507. The average molecular weight is 384 g/mol. The van der Waals surface area contributed by atoms with E-state index in [1.54, 1.807) is 0 Å². The van der Waals surface area contributed by atoms with Gasteiger partial charge in [-0.3, -0.25) is 4.99 Å². The topological polar surface area (TPSA) is 69.2 Å². The lowest BCUT2D eigenvalue weighted by atomic mass is 10.0. The van der Waals surface area contributed by atoms with Gasteiger partial charge in [0.25, 0.3) is 0 Å². The molecule has 2 unspecified atom stereocenters. The van der Waals surface area contributed by atoms with Crippen LogP contribution in [-0.2, 0) is 4.74 Å². The molecule has 0 spiro atoms. The van der Waals surface area contributed by atoms with E-state index in [2.05, 4.69) is 55.3 Å². The average Bonchev–Trinajstić information content (AvgIpc) is 2.95. The van der Waals surface area contributed by atoms with Crippen molar-refractivity contribution < 1.29 is 9.53 Å². The monoisotopic (exact) mass is 383 g/mol. The molecule has 0 aliphatic carbocycles. The van der Waals surface area contributed by atoms with Crippen molar-refractivity contribution in [2.45, 2.75) is 72.1 Å². The summed E-state index contributed by atoms with van der Waals surface area (Å²) in [4.78, 5) is 21.4. The molecule has 27 heavy (non-hydrogen) atoms. The molecule has 2 atom stereocenters. The van der Waals surface area contributed by atoms with Crippen LogP contribution >= 0.6 is 0 Å². The molecule has 1 aliphatic rings. The van der Waals surface area contributed by atoms with Crippen LogP contribution in [0.25, 0.3) is 0 Å². The molecule has 7 nitrogen and oxygen atoms in total. The van der Waals surface area contributed by atoms with Gasteiger partial charge in [0.1, 0.15) is 5.60 Å². The standard InChI is InChI=1S/C20H41N5O2/c1-9-21-18(22-13-17(24(7)8)12-15(2)3)25-11-10-16(14-25)23-19(26)27-20(4,5)6/h15-17H,9-14H2,1-8H3,(H,21,22)(H,23,26). The maximum absolute atomic E-state index is 12.0. The highest BCUT2D eigenvalue weighted by Crippen LogP contribution is 2.13. The van der Waals surface area contributed by atoms with Crippen molar-refractivity contribution >= 4 is 12.1 Å². The van der Waals surface area contributed by atoms with Crippen molar-refractivity contribution in [3.8, 4) is 0 Å². The smallest absolute Gasteiger partial charge is 0.407 e. The van der Waals surface area contributed by atoms with Crippen molar-refractivity contribution in [2.75, 3.05) is 40.3 Å². The number of rotatable bonds is 7. The molecule has 0 aromatic rings. The summed E-state index contributed by atoms with van der Waals surface area (Å²) in [6.07, 6.45) is 1.67. The number of hydrogen-bond donors (Lipinski definition) is 2. The van der Waals surface area contributed by atoms with Crippen LogP contribution in [0.2, 0.25) is 0 Å². The Balaban J connectivity index is 2.66. The van der Waals surface area contributed by atoms with Crippen molar-refractivity contribution in [2.24, 2.45) is 10.9 Å². The lowest BCUT2D eigenvalue weighted by Crippen LogP contribution is -2.44. The first-order valence-electron chi connectivity index (χ1n) is 10.2. The third-order valence-electron chi connectivity index (χ3n) is 4.47. The van der Waals surface area contributed by atoms with Gasteiger partial charge in [-0.2, -0.15) is 0 Å².